The first kappa shape index (κ1) is 13.2. The number of fused-ring (bicyclic) bond motifs is 1. The van der Waals surface area contributed by atoms with Crippen LogP contribution in [0.3, 0.4) is 0 Å². The molecule has 1 aliphatic heterocycles. The molecule has 20 heavy (non-hydrogen) atoms. The van der Waals surface area contributed by atoms with Crippen molar-refractivity contribution in [1.29, 1.82) is 0 Å². The average Bonchev–Trinajstić information content (AvgIpc) is 2.89. The van der Waals surface area contributed by atoms with Crippen molar-refractivity contribution in [1.82, 2.24) is 14.5 Å². The molecule has 2 heterocycles. The van der Waals surface area contributed by atoms with Crippen molar-refractivity contribution >= 4 is 11.0 Å². The van der Waals surface area contributed by atoms with Crippen LogP contribution in [-0.4, -0.2) is 28.0 Å². The van der Waals surface area contributed by atoms with Crippen LogP contribution in [0.1, 0.15) is 24.6 Å². The number of nitrogens with one attached hydrogen (secondary N) is 1. The number of imidazole rings is 1. The van der Waals surface area contributed by atoms with Gasteiger partial charge in [-0.05, 0) is 44.6 Å². The van der Waals surface area contributed by atoms with E-state index in [1.54, 1.807) is 4.57 Å². The normalized spacial score (nSPS) is 20.9. The van der Waals surface area contributed by atoms with Crippen molar-refractivity contribution in [3.63, 3.8) is 0 Å². The number of aromatic nitrogens is 2. The molecule has 108 valence electrons. The molecule has 0 radical (unpaired) electrons. The number of hydrogen-bond donors (Lipinski definition) is 1. The maximum absolute atomic E-state index is 12.7. The number of benzene rings is 1. The largest absolute Gasteiger partial charge is 0.416 e. The molecule has 0 aliphatic carbocycles. The molecule has 1 aromatic heterocycles. The van der Waals surface area contributed by atoms with Crippen LogP contribution in [-0.2, 0) is 6.18 Å². The van der Waals surface area contributed by atoms with E-state index in [0.717, 1.165) is 31.5 Å². The van der Waals surface area contributed by atoms with Crippen LogP contribution in [0.15, 0.2) is 23.0 Å². The lowest BCUT2D eigenvalue weighted by Crippen LogP contribution is -2.30. The van der Waals surface area contributed by atoms with Gasteiger partial charge in [0, 0.05) is 0 Å². The number of hydrogen-bond acceptors (Lipinski definition) is 2. The number of aromatic amines is 1. The van der Waals surface area contributed by atoms with E-state index in [0.29, 0.717) is 5.52 Å². The van der Waals surface area contributed by atoms with Gasteiger partial charge >= 0.3 is 11.9 Å². The first-order chi connectivity index (χ1) is 9.38. The van der Waals surface area contributed by atoms with Crippen molar-refractivity contribution in [3.05, 3.63) is 34.2 Å². The summed E-state index contributed by atoms with van der Waals surface area (Å²) >= 11 is 0. The molecule has 1 atom stereocenters. The van der Waals surface area contributed by atoms with Crippen molar-refractivity contribution in [2.24, 2.45) is 0 Å². The predicted octanol–water partition coefficient (Wildman–Crippen LogP) is 2.57. The second kappa shape index (κ2) is 4.37. The highest BCUT2D eigenvalue weighted by molar-refractivity contribution is 5.76. The topological polar surface area (TPSA) is 41.0 Å². The van der Waals surface area contributed by atoms with Gasteiger partial charge in [0.2, 0.25) is 0 Å². The fraction of sp³-hybridized carbons (Fsp3) is 0.462. The molecular formula is C13H14F3N3O. The van der Waals surface area contributed by atoms with Gasteiger partial charge in [-0.15, -0.1) is 0 Å². The van der Waals surface area contributed by atoms with Crippen molar-refractivity contribution in [2.45, 2.75) is 25.2 Å². The van der Waals surface area contributed by atoms with E-state index in [1.807, 2.05) is 11.9 Å². The van der Waals surface area contributed by atoms with Crippen LogP contribution in [0, 0.1) is 0 Å². The molecule has 1 aliphatic rings. The Hall–Kier alpha value is -1.76. The van der Waals surface area contributed by atoms with Crippen LogP contribution in [0.25, 0.3) is 11.0 Å². The summed E-state index contributed by atoms with van der Waals surface area (Å²) in [6.45, 7) is 0.879. The first-order valence-corrected chi connectivity index (χ1v) is 6.39. The van der Waals surface area contributed by atoms with Crippen LogP contribution < -0.4 is 5.69 Å². The number of nitrogens with zero attached hydrogens (tertiary/aromatic N) is 2. The van der Waals surface area contributed by atoms with Gasteiger partial charge in [0.15, 0.2) is 0 Å². The summed E-state index contributed by atoms with van der Waals surface area (Å²) in [5.41, 5.74) is -0.372. The predicted molar refractivity (Wildman–Crippen MR) is 68.5 cm³/mol. The summed E-state index contributed by atoms with van der Waals surface area (Å²) in [6, 6.07) is 3.37. The zero-order valence-corrected chi connectivity index (χ0v) is 10.9. The second-order valence-corrected chi connectivity index (χ2v) is 5.13. The molecule has 1 saturated heterocycles. The Morgan fingerprint density at radius 1 is 1.35 bits per heavy atom. The number of H-pyrrole nitrogens is 1. The van der Waals surface area contributed by atoms with E-state index in [-0.39, 0.29) is 17.4 Å². The minimum Gasteiger partial charge on any atom is -0.305 e. The third-order valence-corrected chi connectivity index (χ3v) is 3.82. The summed E-state index contributed by atoms with van der Waals surface area (Å²) < 4.78 is 39.6. The van der Waals surface area contributed by atoms with Gasteiger partial charge in [0.1, 0.15) is 0 Å². The number of likely N-dealkylation sites (tertiary alicyclic amines) is 1. The molecule has 0 amide bonds. The molecule has 0 bridgehead atoms. The Labute approximate surface area is 112 Å². The number of halogens is 3. The molecule has 1 aromatic carbocycles. The van der Waals surface area contributed by atoms with Crippen molar-refractivity contribution in [2.75, 3.05) is 13.6 Å². The molecule has 1 fully saturated rings. The van der Waals surface area contributed by atoms with Gasteiger partial charge in [-0.1, -0.05) is 0 Å². The Morgan fingerprint density at radius 2 is 2.10 bits per heavy atom. The third-order valence-electron chi connectivity index (χ3n) is 3.82. The quantitative estimate of drug-likeness (QED) is 0.875. The zero-order chi connectivity index (χ0) is 14.5. The summed E-state index contributed by atoms with van der Waals surface area (Å²) in [7, 11) is 1.91. The summed E-state index contributed by atoms with van der Waals surface area (Å²) in [4.78, 5) is 16.6. The molecule has 7 heteroatoms. The third kappa shape index (κ3) is 2.02. The highest BCUT2D eigenvalue weighted by Crippen LogP contribution is 2.32. The fourth-order valence-corrected chi connectivity index (χ4v) is 2.82. The molecular weight excluding hydrogens is 271 g/mol. The van der Waals surface area contributed by atoms with E-state index in [9.17, 15) is 18.0 Å². The zero-order valence-electron chi connectivity index (χ0n) is 10.9. The Morgan fingerprint density at radius 3 is 2.70 bits per heavy atom. The lowest BCUT2D eigenvalue weighted by molar-refractivity contribution is -0.137. The standard InChI is InChI=1S/C13H14F3N3O/c1-18-6-2-3-11(18)19-10-5-4-8(13(14,15)16)7-9(10)17-12(19)20/h4-5,7,11H,2-3,6H2,1H3,(H,17,20). The molecule has 2 aromatic rings. The van der Waals surface area contributed by atoms with Gasteiger partial charge in [-0.2, -0.15) is 13.2 Å². The van der Waals surface area contributed by atoms with Crippen LogP contribution in [0.4, 0.5) is 13.2 Å². The summed E-state index contributed by atoms with van der Waals surface area (Å²) in [5.74, 6) is 0. The minimum atomic E-state index is -4.41. The average molecular weight is 285 g/mol. The fourth-order valence-electron chi connectivity index (χ4n) is 2.82. The highest BCUT2D eigenvalue weighted by Gasteiger charge is 2.32. The summed E-state index contributed by atoms with van der Waals surface area (Å²) in [6.07, 6.45) is -2.70. The maximum atomic E-state index is 12.7. The minimum absolute atomic E-state index is 0.0898. The van der Waals surface area contributed by atoms with E-state index in [2.05, 4.69) is 4.98 Å². The van der Waals surface area contributed by atoms with Gasteiger partial charge in [0.05, 0.1) is 22.8 Å². The van der Waals surface area contributed by atoms with Crippen LogP contribution in [0.5, 0.6) is 0 Å². The number of rotatable bonds is 1. The number of alkyl halides is 3. The van der Waals surface area contributed by atoms with E-state index in [1.165, 1.54) is 6.07 Å². The molecule has 0 spiro atoms. The molecule has 1 N–H and O–H groups in total. The molecule has 3 rings (SSSR count). The summed E-state index contributed by atoms with van der Waals surface area (Å²) in [5, 5.41) is 0. The van der Waals surface area contributed by atoms with Crippen LogP contribution in [0.2, 0.25) is 0 Å². The van der Waals surface area contributed by atoms with Crippen LogP contribution >= 0.6 is 0 Å². The van der Waals surface area contributed by atoms with E-state index >= 15 is 0 Å². The van der Waals surface area contributed by atoms with Crippen molar-refractivity contribution < 1.29 is 13.2 Å². The SMILES string of the molecule is CN1CCCC1n1c(=O)[nH]c2cc(C(F)(F)F)ccc21. The molecule has 1 unspecified atom stereocenters. The van der Waals surface area contributed by atoms with Crippen molar-refractivity contribution in [3.8, 4) is 0 Å². The highest BCUT2D eigenvalue weighted by atomic mass is 19.4. The van der Waals surface area contributed by atoms with E-state index in [4.69, 9.17) is 0 Å². The van der Waals surface area contributed by atoms with Gasteiger partial charge in [-0.3, -0.25) is 9.47 Å². The smallest absolute Gasteiger partial charge is 0.305 e. The Bertz CT molecular complexity index is 701. The van der Waals surface area contributed by atoms with E-state index < -0.39 is 11.7 Å². The lowest BCUT2D eigenvalue weighted by atomic mass is 10.2. The first-order valence-electron chi connectivity index (χ1n) is 6.39. The monoisotopic (exact) mass is 285 g/mol. The molecule has 0 saturated carbocycles. The Balaban J connectivity index is 2.15. The second-order valence-electron chi connectivity index (χ2n) is 5.13. The maximum Gasteiger partial charge on any atom is 0.416 e. The molecule has 4 nitrogen and oxygen atoms in total. The van der Waals surface area contributed by atoms with Gasteiger partial charge in [0.25, 0.3) is 0 Å². The Kier molecular flexibility index (Phi) is 2.89. The van der Waals surface area contributed by atoms with Gasteiger partial charge < -0.3 is 4.98 Å². The lowest BCUT2D eigenvalue weighted by Gasteiger charge is -2.20. The van der Waals surface area contributed by atoms with Gasteiger partial charge in [-0.25, -0.2) is 4.79 Å².